The minimum absolute atomic E-state index is 0.139. The number of nitrogens with one attached hydrogen (secondary N) is 2. The zero-order valence-corrected chi connectivity index (χ0v) is 11.5. The SMILES string of the molecule is CC(C)C(CCO)Nc1nc(NN)ncc1Br. The molecule has 1 rings (SSSR count). The highest BCUT2D eigenvalue weighted by atomic mass is 79.9. The fraction of sp³-hybridized carbons (Fsp3) is 0.600. The van der Waals surface area contributed by atoms with Gasteiger partial charge in [-0.25, -0.2) is 10.8 Å². The molecule has 17 heavy (non-hydrogen) atoms. The Labute approximate surface area is 109 Å². The Morgan fingerprint density at radius 3 is 2.76 bits per heavy atom. The average Bonchev–Trinajstić information content (AvgIpc) is 2.31. The fourth-order valence-electron chi connectivity index (χ4n) is 1.42. The van der Waals surface area contributed by atoms with E-state index in [4.69, 9.17) is 10.9 Å². The second kappa shape index (κ2) is 6.73. The first-order valence-electron chi connectivity index (χ1n) is 5.45. The van der Waals surface area contributed by atoms with Crippen molar-refractivity contribution >= 4 is 27.7 Å². The van der Waals surface area contributed by atoms with Crippen LogP contribution in [0.5, 0.6) is 0 Å². The largest absolute Gasteiger partial charge is 0.396 e. The zero-order valence-electron chi connectivity index (χ0n) is 9.94. The van der Waals surface area contributed by atoms with E-state index in [1.165, 1.54) is 0 Å². The van der Waals surface area contributed by atoms with Crippen LogP contribution in [0.15, 0.2) is 10.7 Å². The number of aliphatic hydroxyl groups excluding tert-OH is 1. The molecule has 0 saturated heterocycles. The van der Waals surface area contributed by atoms with E-state index < -0.39 is 0 Å². The molecular formula is C10H18BrN5O. The van der Waals surface area contributed by atoms with Gasteiger partial charge >= 0.3 is 0 Å². The molecule has 0 saturated carbocycles. The summed E-state index contributed by atoms with van der Waals surface area (Å²) in [5.41, 5.74) is 2.40. The van der Waals surface area contributed by atoms with E-state index in [0.717, 1.165) is 4.47 Å². The third-order valence-corrected chi connectivity index (χ3v) is 3.02. The lowest BCUT2D eigenvalue weighted by Crippen LogP contribution is -2.27. The summed E-state index contributed by atoms with van der Waals surface area (Å²) < 4.78 is 0.764. The standard InChI is InChI=1S/C10H18BrN5O/c1-6(2)8(3-4-17)14-9-7(11)5-13-10(15-9)16-12/h5-6,8,17H,3-4,12H2,1-2H3,(H2,13,14,15,16). The molecule has 7 heteroatoms. The van der Waals surface area contributed by atoms with Crippen LogP contribution in [0.25, 0.3) is 0 Å². The molecule has 0 amide bonds. The Morgan fingerprint density at radius 1 is 1.53 bits per heavy atom. The number of hydrogen-bond donors (Lipinski definition) is 4. The van der Waals surface area contributed by atoms with Crippen molar-refractivity contribution in [2.75, 3.05) is 17.3 Å². The van der Waals surface area contributed by atoms with Crippen LogP contribution >= 0.6 is 15.9 Å². The monoisotopic (exact) mass is 303 g/mol. The van der Waals surface area contributed by atoms with Gasteiger partial charge in [-0.2, -0.15) is 4.98 Å². The van der Waals surface area contributed by atoms with Crippen molar-refractivity contribution in [3.8, 4) is 0 Å². The number of hydrogen-bond acceptors (Lipinski definition) is 6. The lowest BCUT2D eigenvalue weighted by atomic mass is 10.0. The van der Waals surface area contributed by atoms with Crippen LogP contribution in [0.4, 0.5) is 11.8 Å². The molecule has 0 aliphatic carbocycles. The molecule has 0 aliphatic heterocycles. The van der Waals surface area contributed by atoms with Crippen LogP contribution in [0.2, 0.25) is 0 Å². The van der Waals surface area contributed by atoms with E-state index >= 15 is 0 Å². The van der Waals surface area contributed by atoms with Gasteiger partial charge in [-0.05, 0) is 28.3 Å². The van der Waals surface area contributed by atoms with Gasteiger partial charge in [0.1, 0.15) is 5.82 Å². The van der Waals surface area contributed by atoms with Crippen LogP contribution in [0.3, 0.4) is 0 Å². The maximum atomic E-state index is 9.02. The van der Waals surface area contributed by atoms with Crippen LogP contribution < -0.4 is 16.6 Å². The molecule has 0 aliphatic rings. The normalized spacial score (nSPS) is 12.6. The number of aromatic nitrogens is 2. The van der Waals surface area contributed by atoms with Crippen LogP contribution in [-0.2, 0) is 0 Å². The van der Waals surface area contributed by atoms with Gasteiger partial charge in [0.2, 0.25) is 5.95 Å². The van der Waals surface area contributed by atoms with Gasteiger partial charge in [0.15, 0.2) is 0 Å². The van der Waals surface area contributed by atoms with E-state index in [1.54, 1.807) is 6.20 Å². The average molecular weight is 304 g/mol. The third-order valence-electron chi connectivity index (χ3n) is 2.44. The minimum Gasteiger partial charge on any atom is -0.396 e. The molecule has 0 spiro atoms. The molecule has 1 unspecified atom stereocenters. The number of anilines is 2. The van der Waals surface area contributed by atoms with Gasteiger partial charge in [-0.1, -0.05) is 13.8 Å². The molecule has 0 fully saturated rings. The Bertz CT molecular complexity index is 361. The molecule has 6 nitrogen and oxygen atoms in total. The topological polar surface area (TPSA) is 96.1 Å². The Balaban J connectivity index is 2.84. The maximum absolute atomic E-state index is 9.02. The van der Waals surface area contributed by atoms with Crippen molar-refractivity contribution < 1.29 is 5.11 Å². The molecular weight excluding hydrogens is 286 g/mol. The maximum Gasteiger partial charge on any atom is 0.239 e. The highest BCUT2D eigenvalue weighted by Gasteiger charge is 2.15. The number of nitrogens with two attached hydrogens (primary N) is 1. The summed E-state index contributed by atoms with van der Waals surface area (Å²) >= 11 is 3.37. The Hall–Kier alpha value is -0.920. The van der Waals surface area contributed by atoms with Gasteiger partial charge in [0.05, 0.1) is 4.47 Å². The highest BCUT2D eigenvalue weighted by Crippen LogP contribution is 2.22. The van der Waals surface area contributed by atoms with Crippen LogP contribution in [-0.4, -0.2) is 27.7 Å². The Kier molecular flexibility index (Phi) is 5.60. The smallest absolute Gasteiger partial charge is 0.239 e. The van der Waals surface area contributed by atoms with E-state index in [9.17, 15) is 0 Å². The highest BCUT2D eigenvalue weighted by molar-refractivity contribution is 9.10. The third kappa shape index (κ3) is 4.10. The molecule has 5 N–H and O–H groups in total. The number of nitrogen functional groups attached to an aromatic ring is 1. The molecule has 0 aromatic carbocycles. The van der Waals surface area contributed by atoms with Gasteiger partial charge in [0.25, 0.3) is 0 Å². The zero-order chi connectivity index (χ0) is 12.8. The predicted molar refractivity (Wildman–Crippen MR) is 71.5 cm³/mol. The first kappa shape index (κ1) is 14.1. The van der Waals surface area contributed by atoms with Crippen molar-refractivity contribution in [3.63, 3.8) is 0 Å². The summed E-state index contributed by atoms with van der Waals surface area (Å²) in [7, 11) is 0. The van der Waals surface area contributed by atoms with E-state index in [0.29, 0.717) is 24.1 Å². The molecule has 0 bridgehead atoms. The van der Waals surface area contributed by atoms with Crippen molar-refractivity contribution in [2.24, 2.45) is 11.8 Å². The van der Waals surface area contributed by atoms with Gasteiger partial charge in [-0.15, -0.1) is 0 Å². The first-order chi connectivity index (χ1) is 8.08. The first-order valence-corrected chi connectivity index (χ1v) is 6.24. The lowest BCUT2D eigenvalue weighted by molar-refractivity contribution is 0.267. The second-order valence-electron chi connectivity index (χ2n) is 4.04. The summed E-state index contributed by atoms with van der Waals surface area (Å²) in [5, 5.41) is 12.3. The van der Waals surface area contributed by atoms with Crippen molar-refractivity contribution in [2.45, 2.75) is 26.3 Å². The van der Waals surface area contributed by atoms with E-state index in [-0.39, 0.29) is 12.6 Å². The summed E-state index contributed by atoms with van der Waals surface area (Å²) in [6.45, 7) is 4.32. The van der Waals surface area contributed by atoms with E-state index in [1.807, 2.05) is 0 Å². The number of hydrazine groups is 1. The molecule has 96 valence electrons. The van der Waals surface area contributed by atoms with Crippen LogP contribution in [0, 0.1) is 5.92 Å². The van der Waals surface area contributed by atoms with Gasteiger partial charge < -0.3 is 10.4 Å². The molecule has 1 heterocycles. The van der Waals surface area contributed by atoms with Gasteiger partial charge in [-0.3, -0.25) is 5.43 Å². The van der Waals surface area contributed by atoms with E-state index in [2.05, 4.69) is 50.5 Å². The minimum atomic E-state index is 0.139. The Morgan fingerprint density at radius 2 is 2.24 bits per heavy atom. The fourth-order valence-corrected chi connectivity index (χ4v) is 1.73. The number of nitrogens with zero attached hydrogens (tertiary/aromatic N) is 2. The molecule has 1 aromatic rings. The number of halogens is 1. The second-order valence-corrected chi connectivity index (χ2v) is 4.90. The van der Waals surface area contributed by atoms with Crippen molar-refractivity contribution in [1.29, 1.82) is 0 Å². The number of aliphatic hydroxyl groups is 1. The lowest BCUT2D eigenvalue weighted by Gasteiger charge is -2.22. The molecule has 1 atom stereocenters. The predicted octanol–water partition coefficient (Wildman–Crippen LogP) is 1.34. The summed E-state index contributed by atoms with van der Waals surface area (Å²) in [4.78, 5) is 8.18. The molecule has 0 radical (unpaired) electrons. The quantitative estimate of drug-likeness (QED) is 0.468. The molecule has 1 aromatic heterocycles. The number of rotatable bonds is 6. The van der Waals surface area contributed by atoms with Gasteiger partial charge in [0, 0.05) is 18.8 Å². The van der Waals surface area contributed by atoms with Crippen LogP contribution in [0.1, 0.15) is 20.3 Å². The summed E-state index contributed by atoms with van der Waals surface area (Å²) in [6, 6.07) is 0.150. The summed E-state index contributed by atoms with van der Waals surface area (Å²) in [5.74, 6) is 6.66. The van der Waals surface area contributed by atoms with Crippen molar-refractivity contribution in [1.82, 2.24) is 9.97 Å². The summed E-state index contributed by atoms with van der Waals surface area (Å²) in [6.07, 6.45) is 2.29. The van der Waals surface area contributed by atoms with Crippen molar-refractivity contribution in [3.05, 3.63) is 10.7 Å².